The van der Waals surface area contributed by atoms with Gasteiger partial charge in [0, 0.05) is 6.04 Å². The van der Waals surface area contributed by atoms with E-state index >= 15 is 0 Å². The monoisotopic (exact) mass is 307 g/mol. The molecule has 4 rings (SSSR count). The maximum absolute atomic E-state index is 11.0. The lowest BCUT2D eigenvalue weighted by Crippen LogP contribution is -2.25. The Balaban J connectivity index is 1.60. The average Bonchev–Trinajstić information content (AvgIpc) is 3.39. The molecule has 0 radical (unpaired) electrons. The highest BCUT2D eigenvalue weighted by Gasteiger charge is 2.55. The molecule has 2 aromatic rings. The molecule has 1 aliphatic heterocycles. The number of rotatable bonds is 4. The number of hydrogen-bond donors (Lipinski definition) is 1. The van der Waals surface area contributed by atoms with E-state index in [0.717, 1.165) is 5.56 Å². The first kappa shape index (κ1) is 14.9. The van der Waals surface area contributed by atoms with Gasteiger partial charge in [-0.3, -0.25) is 4.90 Å². The Labute approximate surface area is 138 Å². The molecule has 2 aliphatic rings. The SMILES string of the molecule is O[C@@H](c1ccccc1)C1[C@@H](c2ccccc2)N1C1CCCCC1. The van der Waals surface area contributed by atoms with Crippen LogP contribution >= 0.6 is 0 Å². The molecule has 2 fully saturated rings. The van der Waals surface area contributed by atoms with Gasteiger partial charge in [0.25, 0.3) is 0 Å². The number of aliphatic hydroxyl groups excluding tert-OH is 1. The molecule has 1 aliphatic carbocycles. The molecule has 120 valence electrons. The van der Waals surface area contributed by atoms with Gasteiger partial charge in [-0.05, 0) is 24.0 Å². The van der Waals surface area contributed by atoms with Gasteiger partial charge in [0.2, 0.25) is 0 Å². The van der Waals surface area contributed by atoms with E-state index < -0.39 is 6.10 Å². The Morgan fingerprint density at radius 3 is 2.09 bits per heavy atom. The molecule has 0 spiro atoms. The van der Waals surface area contributed by atoms with Gasteiger partial charge < -0.3 is 5.11 Å². The number of nitrogens with zero attached hydrogens (tertiary/aromatic N) is 1. The van der Waals surface area contributed by atoms with E-state index in [9.17, 15) is 5.11 Å². The van der Waals surface area contributed by atoms with Crippen molar-refractivity contribution in [2.75, 3.05) is 0 Å². The van der Waals surface area contributed by atoms with Crippen molar-refractivity contribution < 1.29 is 5.11 Å². The van der Waals surface area contributed by atoms with E-state index in [1.165, 1.54) is 37.7 Å². The lowest BCUT2D eigenvalue weighted by atomic mass is 9.95. The van der Waals surface area contributed by atoms with Gasteiger partial charge in [0.05, 0.1) is 18.2 Å². The zero-order valence-electron chi connectivity index (χ0n) is 13.5. The highest BCUT2D eigenvalue weighted by molar-refractivity contribution is 5.32. The third-order valence-corrected chi connectivity index (χ3v) is 5.50. The fourth-order valence-corrected chi connectivity index (χ4v) is 4.32. The Kier molecular flexibility index (Phi) is 4.19. The summed E-state index contributed by atoms with van der Waals surface area (Å²) in [5.74, 6) is 0. The van der Waals surface area contributed by atoms with Gasteiger partial charge in [0.1, 0.15) is 0 Å². The summed E-state index contributed by atoms with van der Waals surface area (Å²) in [5, 5.41) is 11.0. The van der Waals surface area contributed by atoms with Crippen molar-refractivity contribution in [1.29, 1.82) is 0 Å². The Morgan fingerprint density at radius 2 is 1.43 bits per heavy atom. The molecule has 0 amide bonds. The summed E-state index contributed by atoms with van der Waals surface area (Å²) >= 11 is 0. The van der Waals surface area contributed by atoms with Gasteiger partial charge >= 0.3 is 0 Å². The lowest BCUT2D eigenvalue weighted by Gasteiger charge is -2.25. The van der Waals surface area contributed by atoms with Gasteiger partial charge in [-0.2, -0.15) is 0 Å². The first-order valence-corrected chi connectivity index (χ1v) is 8.91. The summed E-state index contributed by atoms with van der Waals surface area (Å²) < 4.78 is 0. The normalized spacial score (nSPS) is 29.2. The summed E-state index contributed by atoms with van der Waals surface area (Å²) in [5.41, 5.74) is 2.38. The van der Waals surface area contributed by atoms with Crippen LogP contribution in [-0.4, -0.2) is 22.1 Å². The Morgan fingerprint density at radius 1 is 0.826 bits per heavy atom. The van der Waals surface area contributed by atoms with Crippen LogP contribution in [0, 0.1) is 0 Å². The van der Waals surface area contributed by atoms with E-state index in [1.54, 1.807) is 0 Å². The molecule has 1 heterocycles. The van der Waals surface area contributed by atoms with Crippen LogP contribution in [-0.2, 0) is 0 Å². The molecule has 23 heavy (non-hydrogen) atoms. The van der Waals surface area contributed by atoms with Gasteiger partial charge in [-0.25, -0.2) is 0 Å². The smallest absolute Gasteiger partial charge is 0.0964 e. The second-order valence-electron chi connectivity index (χ2n) is 6.94. The molecule has 2 heteroatoms. The second kappa shape index (κ2) is 6.46. The fourth-order valence-electron chi connectivity index (χ4n) is 4.32. The Hall–Kier alpha value is -1.64. The molecule has 2 unspecified atom stereocenters. The van der Waals surface area contributed by atoms with E-state index in [4.69, 9.17) is 0 Å². The summed E-state index contributed by atoms with van der Waals surface area (Å²) in [7, 11) is 0. The topological polar surface area (TPSA) is 23.2 Å². The number of hydrogen-bond acceptors (Lipinski definition) is 2. The zero-order chi connectivity index (χ0) is 15.6. The largest absolute Gasteiger partial charge is 0.387 e. The van der Waals surface area contributed by atoms with Crippen molar-refractivity contribution in [3.8, 4) is 0 Å². The summed E-state index contributed by atoms with van der Waals surface area (Å²) in [6.07, 6.45) is 6.19. The van der Waals surface area contributed by atoms with E-state index in [0.29, 0.717) is 12.1 Å². The van der Waals surface area contributed by atoms with Crippen LogP contribution in [0.15, 0.2) is 60.7 Å². The van der Waals surface area contributed by atoms with Gasteiger partial charge in [-0.1, -0.05) is 79.9 Å². The van der Waals surface area contributed by atoms with Crippen LogP contribution in [0.5, 0.6) is 0 Å². The Bertz CT molecular complexity index is 621. The fraction of sp³-hybridized carbons (Fsp3) is 0.429. The predicted molar refractivity (Wildman–Crippen MR) is 93.1 cm³/mol. The molecule has 1 saturated heterocycles. The summed E-state index contributed by atoms with van der Waals surface area (Å²) in [6, 6.07) is 22.1. The summed E-state index contributed by atoms with van der Waals surface area (Å²) in [6.45, 7) is 0. The maximum Gasteiger partial charge on any atom is 0.0964 e. The van der Waals surface area contributed by atoms with Crippen LogP contribution in [0.1, 0.15) is 55.4 Å². The maximum atomic E-state index is 11.0. The average molecular weight is 307 g/mol. The molecular formula is C21H25NO. The summed E-state index contributed by atoms with van der Waals surface area (Å²) in [4.78, 5) is 2.58. The molecule has 0 aromatic heterocycles. The third kappa shape index (κ3) is 2.93. The van der Waals surface area contributed by atoms with Crippen molar-refractivity contribution >= 4 is 0 Å². The highest BCUT2D eigenvalue weighted by Crippen LogP contribution is 2.52. The quantitative estimate of drug-likeness (QED) is 0.842. The molecule has 1 N–H and O–H groups in total. The van der Waals surface area contributed by atoms with Crippen LogP contribution in [0.25, 0.3) is 0 Å². The second-order valence-corrected chi connectivity index (χ2v) is 6.94. The van der Waals surface area contributed by atoms with Crippen molar-refractivity contribution in [3.05, 3.63) is 71.8 Å². The molecule has 2 nitrogen and oxygen atoms in total. The first-order chi connectivity index (χ1) is 11.4. The van der Waals surface area contributed by atoms with Crippen molar-refractivity contribution in [2.24, 2.45) is 0 Å². The minimum atomic E-state index is -0.400. The van der Waals surface area contributed by atoms with E-state index in [1.807, 2.05) is 30.3 Å². The van der Waals surface area contributed by atoms with Crippen molar-refractivity contribution in [2.45, 2.75) is 56.3 Å². The van der Waals surface area contributed by atoms with Crippen LogP contribution < -0.4 is 0 Å². The van der Waals surface area contributed by atoms with E-state index in [-0.39, 0.29) is 6.04 Å². The van der Waals surface area contributed by atoms with Crippen LogP contribution in [0.2, 0.25) is 0 Å². The first-order valence-electron chi connectivity index (χ1n) is 8.91. The molecular weight excluding hydrogens is 282 g/mol. The molecule has 2 aromatic carbocycles. The van der Waals surface area contributed by atoms with E-state index in [2.05, 4.69) is 35.2 Å². The van der Waals surface area contributed by atoms with Gasteiger partial charge in [0.15, 0.2) is 0 Å². The zero-order valence-corrected chi connectivity index (χ0v) is 13.5. The minimum Gasteiger partial charge on any atom is -0.387 e. The molecule has 1 saturated carbocycles. The van der Waals surface area contributed by atoms with Crippen molar-refractivity contribution in [3.63, 3.8) is 0 Å². The lowest BCUT2D eigenvalue weighted by molar-refractivity contribution is 0.142. The minimum absolute atomic E-state index is 0.225. The number of aliphatic hydroxyl groups is 1. The van der Waals surface area contributed by atoms with Crippen molar-refractivity contribution in [1.82, 2.24) is 4.90 Å². The number of benzene rings is 2. The molecule has 4 atom stereocenters. The molecule has 0 bridgehead atoms. The standard InChI is InChI=1S/C21H25NO/c23-21(17-12-6-2-7-13-17)20-19(16-10-4-1-5-11-16)22(20)18-14-8-3-9-15-18/h1-2,4-7,10-13,18-21,23H,3,8-9,14-15H2/t19-,20?,21+,22?/m1/s1. The highest BCUT2D eigenvalue weighted by atomic mass is 16.3. The van der Waals surface area contributed by atoms with Crippen LogP contribution in [0.3, 0.4) is 0 Å². The van der Waals surface area contributed by atoms with Crippen LogP contribution in [0.4, 0.5) is 0 Å². The predicted octanol–water partition coefficient (Wildman–Crippen LogP) is 4.48. The van der Waals surface area contributed by atoms with Gasteiger partial charge in [-0.15, -0.1) is 0 Å². The third-order valence-electron chi connectivity index (χ3n) is 5.50.